The molecule has 0 aliphatic carbocycles. The van der Waals surface area contributed by atoms with Crippen LogP contribution in [0.5, 0.6) is 0 Å². The second-order valence-electron chi connectivity index (χ2n) is 7.43. The number of benzene rings is 2. The van der Waals surface area contributed by atoms with Crippen LogP contribution in [0.15, 0.2) is 68.0 Å². The molecular weight excluding hydrogens is 480 g/mol. The number of carbonyl (C=O) groups excluding carboxylic acids is 1. The number of hydrogen-bond donors (Lipinski definition) is 1. The number of thioether (sulfide) groups is 2. The molecule has 0 spiro atoms. The molecule has 0 saturated carbocycles. The lowest BCUT2D eigenvalue weighted by Crippen LogP contribution is -2.35. The van der Waals surface area contributed by atoms with Crippen LogP contribution in [0.2, 0.25) is 0 Å². The topological polar surface area (TPSA) is 105 Å². The molecule has 1 aliphatic heterocycles. The lowest BCUT2D eigenvalue weighted by atomic mass is 10.2. The zero-order chi connectivity index (χ0) is 23.3. The molecule has 1 amide bonds. The first-order valence-electron chi connectivity index (χ1n) is 10.5. The van der Waals surface area contributed by atoms with Gasteiger partial charge in [-0.1, -0.05) is 30.3 Å². The Labute approximate surface area is 201 Å². The van der Waals surface area contributed by atoms with Crippen molar-refractivity contribution in [2.75, 3.05) is 30.4 Å². The maximum atomic E-state index is 13.0. The van der Waals surface area contributed by atoms with Crippen LogP contribution in [-0.4, -0.2) is 53.9 Å². The highest BCUT2D eigenvalue weighted by molar-refractivity contribution is 7.99. The Morgan fingerprint density at radius 2 is 1.88 bits per heavy atom. The second-order valence-corrected chi connectivity index (χ2v) is 11.2. The summed E-state index contributed by atoms with van der Waals surface area (Å²) in [6.45, 7) is 1.08. The van der Waals surface area contributed by atoms with E-state index in [1.165, 1.54) is 4.31 Å². The fourth-order valence-corrected chi connectivity index (χ4v) is 6.04. The number of rotatable bonds is 8. The molecule has 11 heteroatoms. The van der Waals surface area contributed by atoms with Gasteiger partial charge in [-0.25, -0.2) is 8.42 Å². The maximum Gasteiger partial charge on any atom is 0.277 e. The lowest BCUT2D eigenvalue weighted by Gasteiger charge is -2.25. The number of sulfonamides is 1. The van der Waals surface area contributed by atoms with E-state index in [1.54, 1.807) is 36.0 Å². The van der Waals surface area contributed by atoms with E-state index < -0.39 is 10.0 Å². The normalized spacial score (nSPS) is 14.8. The van der Waals surface area contributed by atoms with Crippen molar-refractivity contribution in [2.45, 2.75) is 34.3 Å². The minimum absolute atomic E-state index is 0.106. The van der Waals surface area contributed by atoms with Crippen molar-refractivity contribution in [3.05, 3.63) is 48.5 Å². The van der Waals surface area contributed by atoms with Crippen molar-refractivity contribution >= 4 is 45.1 Å². The summed E-state index contributed by atoms with van der Waals surface area (Å²) in [5.41, 5.74) is 1.25. The molecule has 33 heavy (non-hydrogen) atoms. The van der Waals surface area contributed by atoms with E-state index in [4.69, 9.17) is 4.42 Å². The quantitative estimate of drug-likeness (QED) is 0.451. The molecule has 4 rings (SSSR count). The molecule has 1 aliphatic rings. The minimum atomic E-state index is -3.56. The number of piperidine rings is 1. The largest absolute Gasteiger partial charge is 0.411 e. The highest BCUT2D eigenvalue weighted by Crippen LogP contribution is 2.27. The van der Waals surface area contributed by atoms with Gasteiger partial charge in [0, 0.05) is 29.2 Å². The third-order valence-electron chi connectivity index (χ3n) is 5.12. The molecule has 1 fully saturated rings. The Morgan fingerprint density at radius 3 is 2.67 bits per heavy atom. The van der Waals surface area contributed by atoms with Crippen molar-refractivity contribution in [3.8, 4) is 11.5 Å². The van der Waals surface area contributed by atoms with Crippen molar-refractivity contribution in [2.24, 2.45) is 0 Å². The number of carbonyl (C=O) groups is 1. The molecule has 2 aromatic carbocycles. The first-order valence-corrected chi connectivity index (χ1v) is 14.1. The molecule has 174 valence electrons. The fraction of sp³-hybridized carbons (Fsp3) is 0.318. The predicted molar refractivity (Wildman–Crippen MR) is 130 cm³/mol. The van der Waals surface area contributed by atoms with Crippen LogP contribution >= 0.6 is 23.5 Å². The second kappa shape index (κ2) is 10.7. The average Bonchev–Trinajstić information content (AvgIpc) is 3.33. The van der Waals surface area contributed by atoms with Crippen molar-refractivity contribution in [1.29, 1.82) is 0 Å². The van der Waals surface area contributed by atoms with Crippen molar-refractivity contribution < 1.29 is 17.6 Å². The minimum Gasteiger partial charge on any atom is -0.411 e. The summed E-state index contributed by atoms with van der Waals surface area (Å²) < 4.78 is 33.1. The van der Waals surface area contributed by atoms with Crippen molar-refractivity contribution in [1.82, 2.24) is 14.5 Å². The summed E-state index contributed by atoms with van der Waals surface area (Å²) in [7, 11) is -3.56. The van der Waals surface area contributed by atoms with Gasteiger partial charge in [0.2, 0.25) is 21.8 Å². The summed E-state index contributed by atoms with van der Waals surface area (Å²) >= 11 is 2.72. The smallest absolute Gasteiger partial charge is 0.277 e. The van der Waals surface area contributed by atoms with Gasteiger partial charge in [-0.15, -0.1) is 22.0 Å². The standard InChI is InChI=1S/C22H24N4O4S3/c1-31-18-9-6-8-17(14-18)23-20(27)15-32-22-25-24-21(30-22)16-7-5-10-19(13-16)33(28,29)26-11-3-2-4-12-26/h5-10,13-14H,2-4,11-12,15H2,1H3,(H,23,27). The van der Waals surface area contributed by atoms with Gasteiger partial charge in [0.1, 0.15) is 0 Å². The third-order valence-corrected chi connectivity index (χ3v) is 8.56. The van der Waals surface area contributed by atoms with Gasteiger partial charge in [0.25, 0.3) is 5.22 Å². The van der Waals surface area contributed by atoms with Crippen LogP contribution < -0.4 is 5.32 Å². The fourth-order valence-electron chi connectivity index (χ4n) is 3.45. The molecule has 3 aromatic rings. The van der Waals surface area contributed by atoms with Gasteiger partial charge < -0.3 is 9.73 Å². The van der Waals surface area contributed by atoms with Gasteiger partial charge in [-0.2, -0.15) is 4.31 Å². The third kappa shape index (κ3) is 5.97. The maximum absolute atomic E-state index is 13.0. The number of hydrogen-bond acceptors (Lipinski definition) is 8. The van der Waals surface area contributed by atoms with Crippen LogP contribution in [0, 0.1) is 0 Å². The van der Waals surface area contributed by atoms with E-state index in [0.717, 1.165) is 41.6 Å². The van der Waals surface area contributed by atoms with Crippen LogP contribution in [0.3, 0.4) is 0 Å². The predicted octanol–water partition coefficient (Wildman–Crippen LogP) is 4.36. The average molecular weight is 505 g/mol. The number of anilines is 1. The highest BCUT2D eigenvalue weighted by Gasteiger charge is 2.26. The summed E-state index contributed by atoms with van der Waals surface area (Å²) in [5, 5.41) is 11.1. The zero-order valence-electron chi connectivity index (χ0n) is 18.1. The first-order chi connectivity index (χ1) is 16.0. The van der Waals surface area contributed by atoms with Gasteiger partial charge in [-0.05, 0) is 55.5 Å². The number of amides is 1. The van der Waals surface area contributed by atoms with Crippen LogP contribution in [0.25, 0.3) is 11.5 Å². The summed E-state index contributed by atoms with van der Waals surface area (Å²) in [6, 6.07) is 14.1. The van der Waals surface area contributed by atoms with E-state index >= 15 is 0 Å². The molecule has 1 aromatic heterocycles. The molecule has 0 bridgehead atoms. The van der Waals surface area contributed by atoms with Gasteiger partial charge in [0.05, 0.1) is 10.6 Å². The van der Waals surface area contributed by atoms with Crippen LogP contribution in [0.4, 0.5) is 5.69 Å². The molecule has 0 unspecified atom stereocenters. The number of aromatic nitrogens is 2. The Balaban J connectivity index is 1.40. The van der Waals surface area contributed by atoms with Crippen LogP contribution in [-0.2, 0) is 14.8 Å². The molecule has 1 saturated heterocycles. The monoisotopic (exact) mass is 504 g/mol. The van der Waals surface area contributed by atoms with E-state index in [9.17, 15) is 13.2 Å². The van der Waals surface area contributed by atoms with E-state index in [2.05, 4.69) is 15.5 Å². The summed E-state index contributed by atoms with van der Waals surface area (Å²) in [4.78, 5) is 13.5. The van der Waals surface area contributed by atoms with Gasteiger partial charge in [0.15, 0.2) is 0 Å². The molecule has 2 heterocycles. The lowest BCUT2D eigenvalue weighted by molar-refractivity contribution is -0.113. The Kier molecular flexibility index (Phi) is 7.74. The van der Waals surface area contributed by atoms with Gasteiger partial charge >= 0.3 is 0 Å². The van der Waals surface area contributed by atoms with Gasteiger partial charge in [-0.3, -0.25) is 4.79 Å². The van der Waals surface area contributed by atoms with E-state index in [0.29, 0.717) is 18.7 Å². The summed E-state index contributed by atoms with van der Waals surface area (Å²) in [5.74, 6) is 0.128. The Hall–Kier alpha value is -2.34. The molecule has 0 atom stereocenters. The van der Waals surface area contributed by atoms with Crippen molar-refractivity contribution in [3.63, 3.8) is 0 Å². The highest BCUT2D eigenvalue weighted by atomic mass is 32.2. The molecule has 0 radical (unpaired) electrons. The SMILES string of the molecule is CSc1cccc(NC(=O)CSc2nnc(-c3cccc(S(=O)(=O)N4CCCCC4)c3)o2)c1. The summed E-state index contributed by atoms with van der Waals surface area (Å²) in [6.07, 6.45) is 4.78. The van der Waals surface area contributed by atoms with E-state index in [1.807, 2.05) is 30.5 Å². The van der Waals surface area contributed by atoms with E-state index in [-0.39, 0.29) is 27.7 Å². The first kappa shape index (κ1) is 23.8. The zero-order valence-corrected chi connectivity index (χ0v) is 20.5. The number of nitrogens with zero attached hydrogens (tertiary/aromatic N) is 3. The Bertz CT molecular complexity index is 1220. The van der Waals surface area contributed by atoms with Crippen LogP contribution in [0.1, 0.15) is 19.3 Å². The molecule has 1 N–H and O–H groups in total. The Morgan fingerprint density at radius 1 is 1.09 bits per heavy atom. The molecule has 8 nitrogen and oxygen atoms in total. The number of nitrogens with one attached hydrogen (secondary N) is 1. The molecular formula is C22H24N4O4S3.